The third-order valence-corrected chi connectivity index (χ3v) is 3.95. The molecular weight excluding hydrogens is 248 g/mol. The lowest BCUT2D eigenvalue weighted by Gasteiger charge is -1.99. The summed E-state index contributed by atoms with van der Waals surface area (Å²) in [7, 11) is 3.11. The number of hydrogen-bond acceptors (Lipinski definition) is 4. The fourth-order valence-electron chi connectivity index (χ4n) is 0.913. The second kappa shape index (κ2) is 5.39. The highest BCUT2D eigenvalue weighted by Crippen LogP contribution is 2.35. The third kappa shape index (κ3) is 3.41. The number of pyridine rings is 2. The van der Waals surface area contributed by atoms with Crippen LogP contribution in [-0.2, 0) is 0 Å². The molecule has 0 amide bonds. The fraction of sp³-hybridized carbons (Fsp3) is 0. The SMILES string of the molecule is Clc1ccnc(SSc2ccccn2)c1. The molecule has 0 aromatic carbocycles. The van der Waals surface area contributed by atoms with Crippen molar-refractivity contribution < 1.29 is 0 Å². The topological polar surface area (TPSA) is 25.8 Å². The number of halogens is 1. The summed E-state index contributed by atoms with van der Waals surface area (Å²) < 4.78 is 0. The van der Waals surface area contributed by atoms with Crippen molar-refractivity contribution >= 4 is 33.2 Å². The van der Waals surface area contributed by atoms with E-state index in [-0.39, 0.29) is 0 Å². The smallest absolute Gasteiger partial charge is 0.108 e. The second-order valence-electron chi connectivity index (χ2n) is 2.65. The van der Waals surface area contributed by atoms with E-state index < -0.39 is 0 Å². The summed E-state index contributed by atoms with van der Waals surface area (Å²) in [5.41, 5.74) is 0. The van der Waals surface area contributed by atoms with Gasteiger partial charge in [0.2, 0.25) is 0 Å². The Balaban J connectivity index is 1.99. The first-order valence-corrected chi connectivity index (χ1v) is 6.74. The van der Waals surface area contributed by atoms with Gasteiger partial charge in [0.1, 0.15) is 10.1 Å². The van der Waals surface area contributed by atoms with Crippen molar-refractivity contribution in [3.63, 3.8) is 0 Å². The molecule has 0 spiro atoms. The Labute approximate surface area is 101 Å². The molecule has 0 aliphatic carbocycles. The Bertz CT molecular complexity index is 436. The van der Waals surface area contributed by atoms with Gasteiger partial charge in [0.15, 0.2) is 0 Å². The normalized spacial score (nSPS) is 10.2. The summed E-state index contributed by atoms with van der Waals surface area (Å²) in [4.78, 5) is 8.38. The van der Waals surface area contributed by atoms with Gasteiger partial charge in [-0.1, -0.05) is 17.7 Å². The molecule has 0 aliphatic rings. The first-order valence-electron chi connectivity index (χ1n) is 4.22. The van der Waals surface area contributed by atoms with Crippen molar-refractivity contribution in [2.24, 2.45) is 0 Å². The molecule has 2 rings (SSSR count). The Morgan fingerprint density at radius 2 is 1.73 bits per heavy atom. The molecule has 0 bridgehead atoms. The Kier molecular flexibility index (Phi) is 3.88. The maximum atomic E-state index is 5.85. The van der Waals surface area contributed by atoms with Crippen molar-refractivity contribution in [1.29, 1.82) is 0 Å². The average Bonchev–Trinajstić information content (AvgIpc) is 2.28. The molecule has 0 fully saturated rings. The molecule has 2 nitrogen and oxygen atoms in total. The quantitative estimate of drug-likeness (QED) is 0.775. The Morgan fingerprint density at radius 1 is 0.933 bits per heavy atom. The average molecular weight is 255 g/mol. The highest BCUT2D eigenvalue weighted by Gasteiger charge is 1.99. The van der Waals surface area contributed by atoms with Crippen LogP contribution >= 0.6 is 33.2 Å². The van der Waals surface area contributed by atoms with Crippen molar-refractivity contribution in [2.75, 3.05) is 0 Å². The van der Waals surface area contributed by atoms with Crippen molar-refractivity contribution in [1.82, 2.24) is 9.97 Å². The van der Waals surface area contributed by atoms with Gasteiger partial charge in [0, 0.05) is 17.4 Å². The van der Waals surface area contributed by atoms with E-state index in [2.05, 4.69) is 9.97 Å². The molecule has 2 aromatic heterocycles. The monoisotopic (exact) mass is 254 g/mol. The van der Waals surface area contributed by atoms with Crippen LogP contribution in [0.25, 0.3) is 0 Å². The van der Waals surface area contributed by atoms with Crippen molar-refractivity contribution in [2.45, 2.75) is 10.1 Å². The molecule has 0 saturated carbocycles. The zero-order valence-electron chi connectivity index (χ0n) is 7.63. The summed E-state index contributed by atoms with van der Waals surface area (Å²) in [5, 5.41) is 2.55. The maximum Gasteiger partial charge on any atom is 0.108 e. The third-order valence-electron chi connectivity index (χ3n) is 1.55. The Morgan fingerprint density at radius 3 is 2.47 bits per heavy atom. The highest BCUT2D eigenvalue weighted by atomic mass is 35.5. The van der Waals surface area contributed by atoms with Crippen LogP contribution in [0.5, 0.6) is 0 Å². The zero-order chi connectivity index (χ0) is 10.5. The van der Waals surface area contributed by atoms with Gasteiger partial charge in [-0.2, -0.15) is 0 Å². The lowest BCUT2D eigenvalue weighted by atomic mass is 10.5. The minimum absolute atomic E-state index is 0.703. The van der Waals surface area contributed by atoms with Gasteiger partial charge < -0.3 is 0 Å². The summed E-state index contributed by atoms with van der Waals surface area (Å²) in [6.07, 6.45) is 3.47. The van der Waals surface area contributed by atoms with Gasteiger partial charge in [-0.05, 0) is 45.9 Å². The Hall–Kier alpha value is -0.710. The summed E-state index contributed by atoms with van der Waals surface area (Å²) in [6.45, 7) is 0. The molecule has 5 heteroatoms. The van der Waals surface area contributed by atoms with Gasteiger partial charge in [-0.3, -0.25) is 0 Å². The second-order valence-corrected chi connectivity index (χ2v) is 5.25. The van der Waals surface area contributed by atoms with E-state index in [1.807, 2.05) is 24.3 Å². The van der Waals surface area contributed by atoms with Crippen LogP contribution in [-0.4, -0.2) is 9.97 Å². The van der Waals surface area contributed by atoms with Crippen molar-refractivity contribution in [3.8, 4) is 0 Å². The molecule has 76 valence electrons. The first-order chi connectivity index (χ1) is 7.34. The van der Waals surface area contributed by atoms with Crippen LogP contribution in [0.2, 0.25) is 5.02 Å². The summed E-state index contributed by atoms with van der Waals surface area (Å²) >= 11 is 5.85. The number of nitrogens with zero attached hydrogens (tertiary/aromatic N) is 2. The van der Waals surface area contributed by atoms with Crippen LogP contribution in [0.15, 0.2) is 52.8 Å². The van der Waals surface area contributed by atoms with Crippen molar-refractivity contribution in [3.05, 3.63) is 47.7 Å². The van der Waals surface area contributed by atoms with E-state index in [4.69, 9.17) is 11.6 Å². The molecular formula is C10H7ClN2S2. The van der Waals surface area contributed by atoms with Crippen LogP contribution in [0.4, 0.5) is 0 Å². The zero-order valence-corrected chi connectivity index (χ0v) is 10.0. The van der Waals surface area contributed by atoms with E-state index in [1.165, 1.54) is 0 Å². The number of rotatable bonds is 3. The number of hydrogen-bond donors (Lipinski definition) is 0. The largest absolute Gasteiger partial charge is 0.249 e. The van der Waals surface area contributed by atoms with Crippen LogP contribution in [0.1, 0.15) is 0 Å². The lowest BCUT2D eigenvalue weighted by molar-refractivity contribution is 1.13. The maximum absolute atomic E-state index is 5.85. The summed E-state index contributed by atoms with van der Waals surface area (Å²) in [6, 6.07) is 9.41. The molecule has 0 aliphatic heterocycles. The van der Waals surface area contributed by atoms with E-state index >= 15 is 0 Å². The van der Waals surface area contributed by atoms with Gasteiger partial charge >= 0.3 is 0 Å². The van der Waals surface area contributed by atoms with E-state index in [0.717, 1.165) is 10.1 Å². The van der Waals surface area contributed by atoms with Gasteiger partial charge in [0.05, 0.1) is 0 Å². The molecule has 0 unspecified atom stereocenters. The molecule has 0 atom stereocenters. The van der Waals surface area contributed by atoms with E-state index in [0.29, 0.717) is 5.02 Å². The molecule has 0 radical (unpaired) electrons. The minimum Gasteiger partial charge on any atom is -0.249 e. The molecule has 0 N–H and O–H groups in total. The van der Waals surface area contributed by atoms with E-state index in [1.54, 1.807) is 40.0 Å². The van der Waals surface area contributed by atoms with Gasteiger partial charge in [0.25, 0.3) is 0 Å². The van der Waals surface area contributed by atoms with E-state index in [9.17, 15) is 0 Å². The molecule has 2 heterocycles. The standard InChI is InChI=1S/C10H7ClN2S2/c11-8-4-6-13-10(7-8)15-14-9-3-1-2-5-12-9/h1-7H. The summed E-state index contributed by atoms with van der Waals surface area (Å²) in [5.74, 6) is 0. The van der Waals surface area contributed by atoms with Gasteiger partial charge in [-0.15, -0.1) is 0 Å². The predicted molar refractivity (Wildman–Crippen MR) is 65.2 cm³/mol. The molecule has 0 saturated heterocycles. The lowest BCUT2D eigenvalue weighted by Crippen LogP contribution is -1.77. The molecule has 2 aromatic rings. The predicted octanol–water partition coefficient (Wildman–Crippen LogP) is 3.93. The number of aromatic nitrogens is 2. The highest BCUT2D eigenvalue weighted by molar-refractivity contribution is 8.76. The molecule has 15 heavy (non-hydrogen) atoms. The minimum atomic E-state index is 0.703. The van der Waals surface area contributed by atoms with Gasteiger partial charge in [-0.25, -0.2) is 9.97 Å². The first kappa shape index (κ1) is 10.8. The van der Waals surface area contributed by atoms with Crippen LogP contribution in [0, 0.1) is 0 Å². The van der Waals surface area contributed by atoms with Crippen LogP contribution in [0.3, 0.4) is 0 Å². The van der Waals surface area contributed by atoms with Crippen LogP contribution < -0.4 is 0 Å². The fourth-order valence-corrected chi connectivity index (χ4v) is 2.91.